The second kappa shape index (κ2) is 5.27. The van der Waals surface area contributed by atoms with Crippen molar-refractivity contribution in [3.63, 3.8) is 0 Å². The molecule has 16 heavy (non-hydrogen) atoms. The van der Waals surface area contributed by atoms with Crippen LogP contribution in [0.5, 0.6) is 5.75 Å². The lowest BCUT2D eigenvalue weighted by molar-refractivity contribution is 0.0337. The summed E-state index contributed by atoms with van der Waals surface area (Å²) in [6.45, 7) is 3.81. The minimum Gasteiger partial charge on any atom is -0.491 e. The highest BCUT2D eigenvalue weighted by Gasteiger charge is 2.16. The first-order chi connectivity index (χ1) is 7.75. The first-order valence-corrected chi connectivity index (χ1v) is 5.73. The van der Waals surface area contributed by atoms with Gasteiger partial charge in [0.05, 0.1) is 6.61 Å². The summed E-state index contributed by atoms with van der Waals surface area (Å²) in [4.78, 5) is 0.771. The average Bonchev–Trinajstić information content (AvgIpc) is 2.30. The minimum absolute atomic E-state index is 0.0753. The number of ether oxygens (including phenoxy) is 2. The van der Waals surface area contributed by atoms with E-state index in [-0.39, 0.29) is 6.10 Å². The molecule has 0 spiro atoms. The number of hydrogen-bond acceptors (Lipinski definition) is 3. The van der Waals surface area contributed by atoms with Crippen molar-refractivity contribution in [1.29, 1.82) is 0 Å². The predicted molar refractivity (Wildman–Crippen MR) is 67.0 cm³/mol. The van der Waals surface area contributed by atoms with Crippen LogP contribution in [0.25, 0.3) is 0 Å². The van der Waals surface area contributed by atoms with Gasteiger partial charge < -0.3 is 14.8 Å². The number of para-hydroxylation sites is 1. The highest BCUT2D eigenvalue weighted by atomic mass is 32.1. The van der Waals surface area contributed by atoms with E-state index in [1.54, 1.807) is 0 Å². The van der Waals surface area contributed by atoms with Crippen LogP contribution in [-0.4, -0.2) is 30.9 Å². The van der Waals surface area contributed by atoms with Crippen LogP contribution in [0.4, 0.5) is 0 Å². The minimum atomic E-state index is 0.0753. The molecule has 1 unspecified atom stereocenters. The third-order valence-electron chi connectivity index (χ3n) is 2.50. The molecule has 0 aliphatic carbocycles. The SMILES string of the molecule is Cc1ccccc1OCC1CNC(=S)CO1. The maximum absolute atomic E-state index is 5.70. The number of benzene rings is 1. The quantitative estimate of drug-likeness (QED) is 0.810. The Morgan fingerprint density at radius 3 is 3.00 bits per heavy atom. The molecule has 0 bridgehead atoms. The Kier molecular flexibility index (Phi) is 3.74. The van der Waals surface area contributed by atoms with Gasteiger partial charge >= 0.3 is 0 Å². The van der Waals surface area contributed by atoms with Gasteiger partial charge in [-0.1, -0.05) is 30.4 Å². The summed E-state index contributed by atoms with van der Waals surface area (Å²) in [5.74, 6) is 0.916. The van der Waals surface area contributed by atoms with Crippen LogP contribution in [0.15, 0.2) is 24.3 Å². The molecular formula is C12H15NO2S. The number of hydrogen-bond donors (Lipinski definition) is 1. The van der Waals surface area contributed by atoms with Gasteiger partial charge in [0.25, 0.3) is 0 Å². The van der Waals surface area contributed by atoms with Gasteiger partial charge in [0.15, 0.2) is 0 Å². The summed E-state index contributed by atoms with van der Waals surface area (Å²) < 4.78 is 11.2. The number of thiocarbonyl (C=S) groups is 1. The van der Waals surface area contributed by atoms with Crippen LogP contribution < -0.4 is 10.1 Å². The van der Waals surface area contributed by atoms with E-state index >= 15 is 0 Å². The number of rotatable bonds is 3. The predicted octanol–water partition coefficient (Wildman–Crippen LogP) is 1.69. The summed E-state index contributed by atoms with van der Waals surface area (Å²) >= 11 is 4.98. The van der Waals surface area contributed by atoms with Gasteiger partial charge in [-0.05, 0) is 18.6 Å². The molecule has 1 aromatic rings. The van der Waals surface area contributed by atoms with Crippen LogP contribution >= 0.6 is 12.2 Å². The third-order valence-corrected chi connectivity index (χ3v) is 2.76. The summed E-state index contributed by atoms with van der Waals surface area (Å²) in [6.07, 6.45) is 0.0753. The normalized spacial score (nSPS) is 20.3. The van der Waals surface area contributed by atoms with Crippen LogP contribution in [0.2, 0.25) is 0 Å². The maximum atomic E-state index is 5.70. The lowest BCUT2D eigenvalue weighted by Crippen LogP contribution is -2.44. The Morgan fingerprint density at radius 2 is 2.31 bits per heavy atom. The van der Waals surface area contributed by atoms with E-state index < -0.39 is 0 Å². The fourth-order valence-corrected chi connectivity index (χ4v) is 1.69. The van der Waals surface area contributed by atoms with Crippen LogP contribution in [0.1, 0.15) is 5.56 Å². The topological polar surface area (TPSA) is 30.5 Å². The largest absolute Gasteiger partial charge is 0.491 e. The molecule has 1 aliphatic heterocycles. The Bertz CT molecular complexity index is 371. The van der Waals surface area contributed by atoms with Crippen LogP contribution in [0, 0.1) is 6.92 Å². The summed E-state index contributed by atoms with van der Waals surface area (Å²) in [5, 5.41) is 3.11. The van der Waals surface area contributed by atoms with Gasteiger partial charge in [-0.15, -0.1) is 0 Å². The highest BCUT2D eigenvalue weighted by Crippen LogP contribution is 2.16. The lowest BCUT2D eigenvalue weighted by Gasteiger charge is -2.25. The highest BCUT2D eigenvalue weighted by molar-refractivity contribution is 7.80. The molecule has 2 rings (SSSR count). The Hall–Kier alpha value is -1.13. The standard InChI is InChI=1S/C12H15NO2S/c1-9-4-2-3-5-11(9)15-7-10-6-13-12(16)8-14-10/h2-5,10H,6-8H2,1H3,(H,13,16). The Balaban J connectivity index is 1.84. The lowest BCUT2D eigenvalue weighted by atomic mass is 10.2. The molecule has 86 valence electrons. The molecule has 4 heteroatoms. The summed E-state index contributed by atoms with van der Waals surface area (Å²) in [6, 6.07) is 7.97. The molecule has 3 nitrogen and oxygen atoms in total. The van der Waals surface area contributed by atoms with Gasteiger partial charge in [-0.3, -0.25) is 0 Å². The van der Waals surface area contributed by atoms with Crippen molar-refractivity contribution in [3.8, 4) is 5.75 Å². The van der Waals surface area contributed by atoms with E-state index in [0.717, 1.165) is 22.8 Å². The number of nitrogens with one attached hydrogen (secondary N) is 1. The van der Waals surface area contributed by atoms with E-state index in [1.807, 2.05) is 31.2 Å². The molecule has 1 saturated heterocycles. The van der Waals surface area contributed by atoms with Gasteiger partial charge in [-0.25, -0.2) is 0 Å². The zero-order valence-corrected chi connectivity index (χ0v) is 10.0. The molecule has 0 aromatic heterocycles. The molecule has 1 N–H and O–H groups in total. The third kappa shape index (κ3) is 2.93. The van der Waals surface area contributed by atoms with Gasteiger partial charge in [0, 0.05) is 6.54 Å². The van der Waals surface area contributed by atoms with E-state index in [0.29, 0.717) is 13.2 Å². The fourth-order valence-electron chi connectivity index (χ4n) is 1.54. The van der Waals surface area contributed by atoms with E-state index in [4.69, 9.17) is 21.7 Å². The molecule has 0 radical (unpaired) electrons. The summed E-state index contributed by atoms with van der Waals surface area (Å²) in [5.41, 5.74) is 1.14. The molecule has 0 saturated carbocycles. The average molecular weight is 237 g/mol. The van der Waals surface area contributed by atoms with Gasteiger partial charge in [-0.2, -0.15) is 0 Å². The van der Waals surface area contributed by atoms with Crippen molar-refractivity contribution in [2.24, 2.45) is 0 Å². The second-order valence-electron chi connectivity index (χ2n) is 3.81. The molecule has 1 atom stereocenters. The van der Waals surface area contributed by atoms with Crippen molar-refractivity contribution >= 4 is 17.2 Å². The van der Waals surface area contributed by atoms with Gasteiger partial charge in [0.1, 0.15) is 23.4 Å². The monoisotopic (exact) mass is 237 g/mol. The van der Waals surface area contributed by atoms with Gasteiger partial charge in [0.2, 0.25) is 0 Å². The first kappa shape index (κ1) is 11.4. The van der Waals surface area contributed by atoms with Crippen LogP contribution in [-0.2, 0) is 4.74 Å². The van der Waals surface area contributed by atoms with Crippen molar-refractivity contribution in [3.05, 3.63) is 29.8 Å². The van der Waals surface area contributed by atoms with Crippen molar-refractivity contribution in [2.45, 2.75) is 13.0 Å². The number of morpholine rings is 1. The van der Waals surface area contributed by atoms with E-state index in [2.05, 4.69) is 5.32 Å². The van der Waals surface area contributed by atoms with Crippen molar-refractivity contribution in [2.75, 3.05) is 19.8 Å². The molecular weight excluding hydrogens is 222 g/mol. The first-order valence-electron chi connectivity index (χ1n) is 5.32. The summed E-state index contributed by atoms with van der Waals surface area (Å²) in [7, 11) is 0. The van der Waals surface area contributed by atoms with E-state index in [1.165, 1.54) is 0 Å². The molecule has 0 amide bonds. The fraction of sp³-hybridized carbons (Fsp3) is 0.417. The molecule has 1 fully saturated rings. The van der Waals surface area contributed by atoms with E-state index in [9.17, 15) is 0 Å². The zero-order chi connectivity index (χ0) is 11.4. The Morgan fingerprint density at radius 1 is 1.50 bits per heavy atom. The molecule has 1 aromatic carbocycles. The molecule has 1 aliphatic rings. The number of aryl methyl sites for hydroxylation is 1. The smallest absolute Gasteiger partial charge is 0.122 e. The van der Waals surface area contributed by atoms with Crippen molar-refractivity contribution in [1.82, 2.24) is 5.32 Å². The van der Waals surface area contributed by atoms with Crippen LogP contribution in [0.3, 0.4) is 0 Å². The zero-order valence-electron chi connectivity index (χ0n) is 9.23. The maximum Gasteiger partial charge on any atom is 0.122 e. The molecule has 1 heterocycles. The van der Waals surface area contributed by atoms with Crippen molar-refractivity contribution < 1.29 is 9.47 Å². The second-order valence-corrected chi connectivity index (χ2v) is 4.31. The Labute approximate surface area is 101 Å².